The molecule has 0 aliphatic carbocycles. The number of hydrogen-bond acceptors (Lipinski definition) is 2. The van der Waals surface area contributed by atoms with Gasteiger partial charge in [0.05, 0.1) is 6.54 Å². The van der Waals surface area contributed by atoms with Crippen LogP contribution in [-0.2, 0) is 4.79 Å². The van der Waals surface area contributed by atoms with Crippen LogP contribution >= 0.6 is 0 Å². The van der Waals surface area contributed by atoms with Crippen molar-refractivity contribution in [1.82, 2.24) is 4.90 Å². The quantitative estimate of drug-likeness (QED) is 0.785. The van der Waals surface area contributed by atoms with Gasteiger partial charge in [-0.2, -0.15) is 0 Å². The summed E-state index contributed by atoms with van der Waals surface area (Å²) in [4.78, 5) is 16.6. The molecule has 106 valence electrons. The van der Waals surface area contributed by atoms with E-state index in [-0.39, 0.29) is 5.91 Å². The number of amides is 1. The summed E-state index contributed by atoms with van der Waals surface area (Å²) >= 11 is 0. The predicted molar refractivity (Wildman–Crippen MR) is 82.5 cm³/mol. The monoisotopic (exact) mass is 270 g/mol. The van der Waals surface area contributed by atoms with Crippen molar-refractivity contribution >= 4 is 11.6 Å². The summed E-state index contributed by atoms with van der Waals surface area (Å²) in [5, 5.41) is 0. The largest absolute Gasteiger partial charge is 0.309 e. The highest BCUT2D eigenvalue weighted by molar-refractivity contribution is 5.93. The zero-order chi connectivity index (χ0) is 14.4. The normalized spacial score (nSPS) is 16.6. The molecule has 1 saturated heterocycles. The summed E-state index contributed by atoms with van der Waals surface area (Å²) in [7, 11) is 0. The van der Waals surface area contributed by atoms with Gasteiger partial charge in [0.15, 0.2) is 0 Å². The Morgan fingerprint density at radius 2 is 2.00 bits per heavy atom. The molecule has 0 unspecified atom stereocenters. The van der Waals surface area contributed by atoms with E-state index in [2.05, 4.69) is 10.8 Å². The number of rotatable bonds is 4. The molecule has 3 heteroatoms. The van der Waals surface area contributed by atoms with Crippen molar-refractivity contribution in [3.05, 3.63) is 30.3 Å². The minimum Gasteiger partial charge on any atom is -0.309 e. The van der Waals surface area contributed by atoms with Crippen LogP contribution in [0.1, 0.15) is 26.2 Å². The average molecular weight is 270 g/mol. The molecule has 0 aromatic heterocycles. The molecule has 0 bridgehead atoms. The molecular weight excluding hydrogens is 248 g/mol. The lowest BCUT2D eigenvalue weighted by atomic mass is 10.0. The molecule has 20 heavy (non-hydrogen) atoms. The van der Waals surface area contributed by atoms with Crippen molar-refractivity contribution in [3.8, 4) is 12.3 Å². The molecule has 1 aromatic rings. The van der Waals surface area contributed by atoms with Crippen molar-refractivity contribution in [2.75, 3.05) is 24.5 Å². The van der Waals surface area contributed by atoms with E-state index >= 15 is 0 Å². The van der Waals surface area contributed by atoms with Crippen molar-refractivity contribution in [3.63, 3.8) is 0 Å². The van der Waals surface area contributed by atoms with Crippen molar-refractivity contribution in [2.24, 2.45) is 0 Å². The highest BCUT2D eigenvalue weighted by Gasteiger charge is 2.27. The number of anilines is 1. The van der Waals surface area contributed by atoms with Gasteiger partial charge < -0.3 is 4.90 Å². The number of hydrogen-bond donors (Lipinski definition) is 0. The first-order valence-electron chi connectivity index (χ1n) is 7.29. The molecule has 2 rings (SSSR count). The second kappa shape index (κ2) is 7.12. The van der Waals surface area contributed by atoms with Crippen LogP contribution in [0.25, 0.3) is 0 Å². The Balaban J connectivity index is 2.10. The highest BCUT2D eigenvalue weighted by atomic mass is 16.2. The van der Waals surface area contributed by atoms with E-state index in [0.717, 1.165) is 31.6 Å². The molecule has 1 fully saturated rings. The third-order valence-electron chi connectivity index (χ3n) is 3.84. The molecule has 0 saturated carbocycles. The van der Waals surface area contributed by atoms with E-state index in [9.17, 15) is 4.79 Å². The Hall–Kier alpha value is -1.79. The van der Waals surface area contributed by atoms with Crippen LogP contribution in [0, 0.1) is 12.3 Å². The molecule has 1 heterocycles. The van der Waals surface area contributed by atoms with Gasteiger partial charge in [0, 0.05) is 31.2 Å². The minimum atomic E-state index is 0.201. The highest BCUT2D eigenvalue weighted by Crippen LogP contribution is 2.24. The number of terminal acetylenes is 1. The van der Waals surface area contributed by atoms with Crippen LogP contribution in [-0.4, -0.2) is 36.5 Å². The summed E-state index contributed by atoms with van der Waals surface area (Å²) < 4.78 is 0. The molecule has 0 spiro atoms. The maximum absolute atomic E-state index is 12.3. The molecule has 1 aliphatic rings. The Labute approximate surface area is 121 Å². The summed E-state index contributed by atoms with van der Waals surface area (Å²) in [6.45, 7) is 4.57. The van der Waals surface area contributed by atoms with Crippen molar-refractivity contribution < 1.29 is 4.79 Å². The van der Waals surface area contributed by atoms with Gasteiger partial charge in [-0.1, -0.05) is 31.0 Å². The number of piperidine rings is 1. The number of carbonyl (C=O) groups is 1. The van der Waals surface area contributed by atoms with Gasteiger partial charge in [-0.25, -0.2) is 0 Å². The molecule has 0 radical (unpaired) electrons. The molecule has 0 atom stereocenters. The van der Waals surface area contributed by atoms with Gasteiger partial charge in [-0.15, -0.1) is 6.42 Å². The zero-order valence-corrected chi connectivity index (χ0v) is 12.1. The van der Waals surface area contributed by atoms with Gasteiger partial charge in [-0.05, 0) is 25.0 Å². The standard InChI is InChI=1S/C17H22N2O/c1-3-12-18-13-10-16(11-14-18)19(17(20)4-2)15-8-6-5-7-9-15/h1,5-9,16H,4,10-14H2,2H3. The van der Waals surface area contributed by atoms with Gasteiger partial charge >= 0.3 is 0 Å². The topological polar surface area (TPSA) is 23.6 Å². The summed E-state index contributed by atoms with van der Waals surface area (Å²) in [5.41, 5.74) is 1.01. The van der Waals surface area contributed by atoms with E-state index < -0.39 is 0 Å². The smallest absolute Gasteiger partial charge is 0.226 e. The second-order valence-corrected chi connectivity index (χ2v) is 5.16. The van der Waals surface area contributed by atoms with Crippen molar-refractivity contribution in [2.45, 2.75) is 32.2 Å². The van der Waals surface area contributed by atoms with Crippen LogP contribution < -0.4 is 4.90 Å². The summed E-state index contributed by atoms with van der Waals surface area (Å²) in [6, 6.07) is 10.3. The van der Waals surface area contributed by atoms with Gasteiger partial charge in [0.25, 0.3) is 0 Å². The first kappa shape index (κ1) is 14.6. The SMILES string of the molecule is C#CCN1CCC(N(C(=O)CC)c2ccccc2)CC1. The number of carbonyl (C=O) groups excluding carboxylic acids is 1. The van der Waals surface area contributed by atoms with Crippen molar-refractivity contribution in [1.29, 1.82) is 0 Å². The Morgan fingerprint density at radius 3 is 2.55 bits per heavy atom. The third kappa shape index (κ3) is 3.40. The summed E-state index contributed by atoms with van der Waals surface area (Å²) in [6.07, 6.45) is 7.88. The van der Waals surface area contributed by atoms with E-state index in [1.54, 1.807) is 0 Å². The molecular formula is C17H22N2O. The van der Waals surface area contributed by atoms with Gasteiger partial charge in [0.1, 0.15) is 0 Å². The molecule has 1 aliphatic heterocycles. The first-order chi connectivity index (χ1) is 9.76. The number of likely N-dealkylation sites (tertiary alicyclic amines) is 1. The fourth-order valence-corrected chi connectivity index (χ4v) is 2.78. The van der Waals surface area contributed by atoms with E-state index in [1.807, 2.05) is 42.2 Å². The maximum Gasteiger partial charge on any atom is 0.226 e. The average Bonchev–Trinajstić information content (AvgIpc) is 2.50. The third-order valence-corrected chi connectivity index (χ3v) is 3.84. The van der Waals surface area contributed by atoms with E-state index in [4.69, 9.17) is 6.42 Å². The Bertz CT molecular complexity index is 470. The van der Waals surface area contributed by atoms with Crippen LogP contribution in [0.3, 0.4) is 0 Å². The predicted octanol–water partition coefficient (Wildman–Crippen LogP) is 2.53. The number of nitrogens with zero attached hydrogens (tertiary/aromatic N) is 2. The van der Waals surface area contributed by atoms with Gasteiger partial charge in [0.2, 0.25) is 5.91 Å². The Morgan fingerprint density at radius 1 is 1.35 bits per heavy atom. The minimum absolute atomic E-state index is 0.201. The number of para-hydroxylation sites is 1. The first-order valence-corrected chi connectivity index (χ1v) is 7.29. The second-order valence-electron chi connectivity index (χ2n) is 5.16. The lowest BCUT2D eigenvalue weighted by molar-refractivity contribution is -0.119. The van der Waals surface area contributed by atoms with Crippen LogP contribution in [0.15, 0.2) is 30.3 Å². The van der Waals surface area contributed by atoms with Crippen LogP contribution in [0.2, 0.25) is 0 Å². The molecule has 1 amide bonds. The van der Waals surface area contributed by atoms with E-state index in [1.165, 1.54) is 0 Å². The number of benzene rings is 1. The fraction of sp³-hybridized carbons (Fsp3) is 0.471. The fourth-order valence-electron chi connectivity index (χ4n) is 2.78. The maximum atomic E-state index is 12.3. The Kier molecular flexibility index (Phi) is 5.20. The molecule has 1 aromatic carbocycles. The molecule has 0 N–H and O–H groups in total. The van der Waals surface area contributed by atoms with E-state index in [0.29, 0.717) is 19.0 Å². The van der Waals surface area contributed by atoms with Gasteiger partial charge in [-0.3, -0.25) is 9.69 Å². The zero-order valence-electron chi connectivity index (χ0n) is 12.1. The lowest BCUT2D eigenvalue weighted by Gasteiger charge is -2.38. The summed E-state index contributed by atoms with van der Waals surface area (Å²) in [5.74, 6) is 2.89. The van der Waals surface area contributed by atoms with Crippen LogP contribution in [0.4, 0.5) is 5.69 Å². The van der Waals surface area contributed by atoms with Crippen LogP contribution in [0.5, 0.6) is 0 Å². The lowest BCUT2D eigenvalue weighted by Crippen LogP contribution is -2.47. The molecule has 3 nitrogen and oxygen atoms in total.